The summed E-state index contributed by atoms with van der Waals surface area (Å²) in [5.74, 6) is -0.0160. The third kappa shape index (κ3) is 4.41. The van der Waals surface area contributed by atoms with Crippen molar-refractivity contribution >= 4 is 0 Å². The molecule has 0 saturated heterocycles. The topological polar surface area (TPSA) is 77.6 Å². The largest absolute Gasteiger partial charge is 0.439 e. The highest BCUT2D eigenvalue weighted by molar-refractivity contribution is 5.34. The summed E-state index contributed by atoms with van der Waals surface area (Å²) in [6.45, 7) is -0.0790. The minimum atomic E-state index is -4.60. The van der Waals surface area contributed by atoms with Gasteiger partial charge in [-0.3, -0.25) is 0 Å². The van der Waals surface area contributed by atoms with E-state index in [2.05, 4.69) is 4.98 Å². The van der Waals surface area contributed by atoms with Gasteiger partial charge in [-0.05, 0) is 23.8 Å². The van der Waals surface area contributed by atoms with Crippen LogP contribution in [0.4, 0.5) is 13.2 Å². The molecule has 0 aliphatic heterocycles. The highest BCUT2D eigenvalue weighted by Gasteiger charge is 2.33. The highest BCUT2D eigenvalue weighted by Crippen LogP contribution is 2.31. The molecule has 0 saturated carbocycles. The summed E-state index contributed by atoms with van der Waals surface area (Å²) in [6.07, 6.45) is -5.76. The molecule has 0 spiro atoms. The average Bonchev–Trinajstić information content (AvgIpc) is 2.53. The van der Waals surface area contributed by atoms with Crippen LogP contribution in [-0.4, -0.2) is 17.2 Å². The Bertz CT molecular complexity index is 677. The lowest BCUT2D eigenvalue weighted by atomic mass is 10.2. The molecule has 0 fully saturated rings. The molecular weight excluding hydrogens is 313 g/mol. The fourth-order valence-corrected chi connectivity index (χ4v) is 1.86. The van der Waals surface area contributed by atoms with Crippen LogP contribution in [0.3, 0.4) is 0 Å². The molecule has 1 aromatic carbocycles. The number of aliphatic hydroxyl groups excluding tert-OH is 1. The fraction of sp³-hybridized carbons (Fsp3) is 0.267. The molecule has 1 heterocycles. The second-order valence-electron chi connectivity index (χ2n) is 4.66. The quantitative estimate of drug-likeness (QED) is 0.825. The third-order valence-corrected chi connectivity index (χ3v) is 2.98. The van der Waals surface area contributed by atoms with Crippen LogP contribution >= 0.6 is 0 Å². The Morgan fingerprint density at radius 3 is 2.61 bits per heavy atom. The Hall–Kier alpha value is -2.16. The molecule has 8 heteroatoms. The number of aliphatic hydroxyl groups is 1. The zero-order valence-corrected chi connectivity index (χ0v) is 12.2. The molecule has 0 bridgehead atoms. The van der Waals surface area contributed by atoms with Crippen molar-refractivity contribution in [3.8, 4) is 11.6 Å². The predicted molar refractivity (Wildman–Crippen MR) is 75.6 cm³/mol. The van der Waals surface area contributed by atoms with E-state index in [0.717, 1.165) is 6.07 Å². The Kier molecular flexibility index (Phi) is 5.19. The molecule has 0 radical (unpaired) electrons. The van der Waals surface area contributed by atoms with E-state index in [1.54, 1.807) is 12.1 Å². The van der Waals surface area contributed by atoms with Gasteiger partial charge in [-0.15, -0.1) is 0 Å². The van der Waals surface area contributed by atoms with Gasteiger partial charge in [-0.2, -0.15) is 13.2 Å². The lowest BCUT2D eigenvalue weighted by Crippen LogP contribution is -2.10. The number of ether oxygens (including phenoxy) is 2. The number of aromatic nitrogens is 1. The van der Waals surface area contributed by atoms with Gasteiger partial charge < -0.3 is 20.3 Å². The summed E-state index contributed by atoms with van der Waals surface area (Å²) in [7, 11) is 1.32. The van der Waals surface area contributed by atoms with Gasteiger partial charge in [0, 0.05) is 25.3 Å². The maximum atomic E-state index is 12.8. The molecule has 1 aromatic heterocycles. The Morgan fingerprint density at radius 2 is 2.00 bits per heavy atom. The van der Waals surface area contributed by atoms with E-state index in [1.807, 2.05) is 0 Å². The molecule has 124 valence electrons. The monoisotopic (exact) mass is 328 g/mol. The first kappa shape index (κ1) is 17.2. The number of hydrogen-bond donors (Lipinski definition) is 2. The van der Waals surface area contributed by atoms with Crippen molar-refractivity contribution in [2.24, 2.45) is 5.73 Å². The molecule has 23 heavy (non-hydrogen) atoms. The third-order valence-electron chi connectivity index (χ3n) is 2.98. The maximum Gasteiger partial charge on any atom is 0.433 e. The van der Waals surface area contributed by atoms with Gasteiger partial charge >= 0.3 is 6.18 Å². The minimum absolute atomic E-state index is 0.0790. The van der Waals surface area contributed by atoms with Crippen molar-refractivity contribution in [3.05, 3.63) is 53.2 Å². The zero-order chi connectivity index (χ0) is 17.0. The van der Waals surface area contributed by atoms with Crippen LogP contribution < -0.4 is 10.5 Å². The SMILES string of the molecule is COC(O)c1cccc(Oc2cc(CN)cc(C(F)(F)F)n2)c1. The summed E-state index contributed by atoms with van der Waals surface area (Å²) in [5.41, 5.74) is 4.97. The van der Waals surface area contributed by atoms with E-state index < -0.39 is 18.2 Å². The number of methoxy groups -OCH3 is 1. The van der Waals surface area contributed by atoms with E-state index in [-0.39, 0.29) is 23.7 Å². The molecule has 0 amide bonds. The van der Waals surface area contributed by atoms with E-state index >= 15 is 0 Å². The van der Waals surface area contributed by atoms with Gasteiger partial charge in [0.05, 0.1) is 0 Å². The lowest BCUT2D eigenvalue weighted by molar-refractivity contribution is -0.141. The van der Waals surface area contributed by atoms with Gasteiger partial charge in [0.2, 0.25) is 5.88 Å². The summed E-state index contributed by atoms with van der Waals surface area (Å²) >= 11 is 0. The first-order chi connectivity index (χ1) is 10.8. The van der Waals surface area contributed by atoms with Crippen molar-refractivity contribution in [1.82, 2.24) is 4.98 Å². The molecule has 3 N–H and O–H groups in total. The second-order valence-corrected chi connectivity index (χ2v) is 4.66. The lowest BCUT2D eigenvalue weighted by Gasteiger charge is -2.13. The molecular formula is C15H15F3N2O3. The van der Waals surface area contributed by atoms with E-state index in [1.165, 1.54) is 25.3 Å². The number of halogens is 3. The number of pyridine rings is 1. The maximum absolute atomic E-state index is 12.8. The molecule has 2 rings (SSSR count). The molecule has 0 aliphatic carbocycles. The first-order valence-electron chi connectivity index (χ1n) is 6.60. The van der Waals surface area contributed by atoms with Gasteiger partial charge in [-0.1, -0.05) is 12.1 Å². The van der Waals surface area contributed by atoms with Crippen LogP contribution in [0.5, 0.6) is 11.6 Å². The molecule has 1 atom stereocenters. The van der Waals surface area contributed by atoms with E-state index in [4.69, 9.17) is 15.2 Å². The Labute approximate surface area is 130 Å². The van der Waals surface area contributed by atoms with Crippen molar-refractivity contribution in [2.45, 2.75) is 19.0 Å². The molecule has 1 unspecified atom stereocenters. The summed E-state index contributed by atoms with van der Waals surface area (Å²) in [4.78, 5) is 3.45. The van der Waals surface area contributed by atoms with Crippen LogP contribution in [0.1, 0.15) is 23.1 Å². The van der Waals surface area contributed by atoms with Gasteiger partial charge in [0.1, 0.15) is 11.4 Å². The van der Waals surface area contributed by atoms with Gasteiger partial charge in [0.15, 0.2) is 6.29 Å². The van der Waals surface area contributed by atoms with Crippen molar-refractivity contribution < 1.29 is 27.8 Å². The highest BCUT2D eigenvalue weighted by atomic mass is 19.4. The number of nitrogens with two attached hydrogens (primary N) is 1. The van der Waals surface area contributed by atoms with Gasteiger partial charge in [0.25, 0.3) is 0 Å². The molecule has 5 nitrogen and oxygen atoms in total. The Morgan fingerprint density at radius 1 is 1.26 bits per heavy atom. The number of nitrogens with zero attached hydrogens (tertiary/aromatic N) is 1. The first-order valence-corrected chi connectivity index (χ1v) is 6.60. The van der Waals surface area contributed by atoms with E-state index in [0.29, 0.717) is 5.56 Å². The summed E-state index contributed by atoms with van der Waals surface area (Å²) in [5, 5.41) is 9.59. The van der Waals surface area contributed by atoms with Crippen molar-refractivity contribution in [3.63, 3.8) is 0 Å². The zero-order valence-electron chi connectivity index (χ0n) is 12.2. The number of rotatable bonds is 5. The van der Waals surface area contributed by atoms with E-state index in [9.17, 15) is 18.3 Å². The standard InChI is InChI=1S/C15H15F3N2O3/c1-22-14(21)10-3-2-4-11(7-10)23-13-6-9(8-19)5-12(20-13)15(16,17)18/h2-7,14,21H,8,19H2,1H3. The normalized spacial score (nSPS) is 13.0. The fourth-order valence-electron chi connectivity index (χ4n) is 1.86. The van der Waals surface area contributed by atoms with Crippen LogP contribution in [0.25, 0.3) is 0 Å². The summed E-state index contributed by atoms with van der Waals surface area (Å²) < 4.78 is 48.6. The Balaban J connectivity index is 2.33. The molecule has 0 aliphatic rings. The van der Waals surface area contributed by atoms with Crippen LogP contribution in [0, 0.1) is 0 Å². The average molecular weight is 328 g/mol. The van der Waals surface area contributed by atoms with Crippen LogP contribution in [0.15, 0.2) is 36.4 Å². The second kappa shape index (κ2) is 6.95. The predicted octanol–water partition coefficient (Wildman–Crippen LogP) is 2.99. The van der Waals surface area contributed by atoms with Crippen molar-refractivity contribution in [2.75, 3.05) is 7.11 Å². The number of alkyl halides is 3. The minimum Gasteiger partial charge on any atom is -0.439 e. The molecule has 2 aromatic rings. The number of benzene rings is 1. The van der Waals surface area contributed by atoms with Crippen molar-refractivity contribution in [1.29, 1.82) is 0 Å². The number of hydrogen-bond acceptors (Lipinski definition) is 5. The smallest absolute Gasteiger partial charge is 0.433 e. The van der Waals surface area contributed by atoms with Crippen LogP contribution in [-0.2, 0) is 17.5 Å². The summed E-state index contributed by atoms with van der Waals surface area (Å²) in [6, 6.07) is 8.33. The van der Waals surface area contributed by atoms with Gasteiger partial charge in [-0.25, -0.2) is 4.98 Å². The van der Waals surface area contributed by atoms with Crippen LogP contribution in [0.2, 0.25) is 0 Å².